The molecule has 0 amide bonds. The molecule has 0 radical (unpaired) electrons. The van der Waals surface area contributed by atoms with E-state index in [0.29, 0.717) is 6.04 Å². The van der Waals surface area contributed by atoms with Crippen molar-refractivity contribution in [3.8, 4) is 11.5 Å². The van der Waals surface area contributed by atoms with Gasteiger partial charge in [0.15, 0.2) is 17.5 Å². The van der Waals surface area contributed by atoms with Crippen LogP contribution in [0.25, 0.3) is 0 Å². The number of halogens is 1. The van der Waals surface area contributed by atoms with E-state index in [-0.39, 0.29) is 24.0 Å². The van der Waals surface area contributed by atoms with Crippen molar-refractivity contribution in [2.75, 3.05) is 68.1 Å². The predicted molar refractivity (Wildman–Crippen MR) is 131 cm³/mol. The van der Waals surface area contributed by atoms with Crippen molar-refractivity contribution in [1.29, 1.82) is 0 Å². The number of piperazine rings is 1. The molecule has 1 N–H and O–H groups in total. The van der Waals surface area contributed by atoms with Crippen molar-refractivity contribution in [3.05, 3.63) is 23.3 Å². The Bertz CT molecular complexity index is 671. The molecular formula is C21H38IN5O2. The molecule has 1 aliphatic rings. The Morgan fingerprint density at radius 1 is 1.21 bits per heavy atom. The monoisotopic (exact) mass is 519 g/mol. The summed E-state index contributed by atoms with van der Waals surface area (Å²) in [6, 6.07) is 4.53. The van der Waals surface area contributed by atoms with Gasteiger partial charge in [0.05, 0.1) is 20.8 Å². The fourth-order valence-electron chi connectivity index (χ4n) is 3.48. The molecule has 166 valence electrons. The number of rotatable bonds is 7. The highest BCUT2D eigenvalue weighted by atomic mass is 127. The first-order valence-electron chi connectivity index (χ1n) is 9.99. The van der Waals surface area contributed by atoms with Gasteiger partial charge >= 0.3 is 0 Å². The van der Waals surface area contributed by atoms with Crippen molar-refractivity contribution >= 4 is 29.9 Å². The van der Waals surface area contributed by atoms with Gasteiger partial charge in [-0.2, -0.15) is 0 Å². The van der Waals surface area contributed by atoms with Gasteiger partial charge in [0, 0.05) is 45.8 Å². The van der Waals surface area contributed by atoms with Gasteiger partial charge in [-0.3, -0.25) is 9.89 Å². The number of hydrogen-bond acceptors (Lipinski definition) is 5. The number of hydrogen-bond donors (Lipinski definition) is 1. The van der Waals surface area contributed by atoms with Crippen LogP contribution in [0.4, 0.5) is 0 Å². The van der Waals surface area contributed by atoms with E-state index >= 15 is 0 Å². The number of methoxy groups -OCH3 is 2. The van der Waals surface area contributed by atoms with E-state index < -0.39 is 0 Å². The lowest BCUT2D eigenvalue weighted by atomic mass is 10.1. The molecule has 1 aromatic rings. The molecule has 0 aromatic heterocycles. The maximum absolute atomic E-state index is 5.47. The molecule has 29 heavy (non-hydrogen) atoms. The molecule has 0 saturated carbocycles. The van der Waals surface area contributed by atoms with Crippen LogP contribution in [0.15, 0.2) is 17.1 Å². The Balaban J connectivity index is 0.00000420. The highest BCUT2D eigenvalue weighted by Crippen LogP contribution is 2.30. The van der Waals surface area contributed by atoms with Gasteiger partial charge in [0.2, 0.25) is 0 Å². The smallest absolute Gasteiger partial charge is 0.194 e. The van der Waals surface area contributed by atoms with E-state index in [0.717, 1.165) is 56.7 Å². The summed E-state index contributed by atoms with van der Waals surface area (Å²) in [5.74, 6) is 2.44. The quantitative estimate of drug-likeness (QED) is 0.339. The summed E-state index contributed by atoms with van der Waals surface area (Å²) in [5, 5.41) is 3.43. The van der Waals surface area contributed by atoms with E-state index in [1.165, 1.54) is 11.1 Å². The van der Waals surface area contributed by atoms with Gasteiger partial charge in [0.1, 0.15) is 0 Å². The lowest BCUT2D eigenvalue weighted by Crippen LogP contribution is -2.51. The second kappa shape index (κ2) is 12.4. The Labute approximate surface area is 193 Å². The standard InChI is InChI=1S/C21H37N5O2.HI/c1-8-22-21(23-13-18-15-24(3)9-10-25(18)4)26(5)14-17-12-20(28-7)19(27-6)11-16(17)2;/h11-12,18H,8-10,13-15H2,1-7H3,(H,22,23);1H. The lowest BCUT2D eigenvalue weighted by molar-refractivity contribution is 0.119. The van der Waals surface area contributed by atoms with E-state index in [2.05, 4.69) is 61.1 Å². The summed E-state index contributed by atoms with van der Waals surface area (Å²) in [7, 11) is 9.79. The second-order valence-corrected chi connectivity index (χ2v) is 7.58. The molecule has 1 saturated heterocycles. The third kappa shape index (κ3) is 7.18. The molecule has 1 unspecified atom stereocenters. The highest BCUT2D eigenvalue weighted by Gasteiger charge is 2.22. The van der Waals surface area contributed by atoms with Gasteiger partial charge in [0.25, 0.3) is 0 Å². The SMILES string of the molecule is CCNC(=NCC1CN(C)CCN1C)N(C)Cc1cc(OC)c(OC)cc1C.I. The van der Waals surface area contributed by atoms with Crippen molar-refractivity contribution in [2.24, 2.45) is 4.99 Å². The molecule has 0 aliphatic carbocycles. The summed E-state index contributed by atoms with van der Waals surface area (Å²) in [6.45, 7) is 9.85. The number of benzene rings is 1. The third-order valence-corrected chi connectivity index (χ3v) is 5.38. The largest absolute Gasteiger partial charge is 0.493 e. The molecule has 1 atom stereocenters. The number of aryl methyl sites for hydroxylation is 1. The zero-order valence-electron chi connectivity index (χ0n) is 19.0. The van der Waals surface area contributed by atoms with Crippen LogP contribution in [0, 0.1) is 6.92 Å². The molecule has 2 rings (SSSR count). The maximum Gasteiger partial charge on any atom is 0.194 e. The van der Waals surface area contributed by atoms with Gasteiger partial charge < -0.3 is 24.6 Å². The Kier molecular flexibility index (Phi) is 11.1. The highest BCUT2D eigenvalue weighted by molar-refractivity contribution is 14.0. The van der Waals surface area contributed by atoms with E-state index in [1.807, 2.05) is 6.07 Å². The number of nitrogens with one attached hydrogen (secondary N) is 1. The minimum atomic E-state index is 0. The molecule has 8 heteroatoms. The zero-order chi connectivity index (χ0) is 20.7. The van der Waals surface area contributed by atoms with Gasteiger partial charge in [-0.1, -0.05) is 0 Å². The van der Waals surface area contributed by atoms with Gasteiger partial charge in [-0.25, -0.2) is 0 Å². The molecule has 0 spiro atoms. The van der Waals surface area contributed by atoms with Crippen LogP contribution in [-0.2, 0) is 6.54 Å². The fraction of sp³-hybridized carbons (Fsp3) is 0.667. The molecule has 1 aliphatic heterocycles. The summed E-state index contributed by atoms with van der Waals surface area (Å²) in [6.07, 6.45) is 0. The molecular weight excluding hydrogens is 481 g/mol. The maximum atomic E-state index is 5.47. The van der Waals surface area contributed by atoms with Crippen LogP contribution in [-0.4, -0.2) is 94.8 Å². The normalized spacial score (nSPS) is 18.2. The van der Waals surface area contributed by atoms with E-state index in [1.54, 1.807) is 14.2 Å². The van der Waals surface area contributed by atoms with E-state index in [9.17, 15) is 0 Å². The minimum Gasteiger partial charge on any atom is -0.493 e. The van der Waals surface area contributed by atoms with Crippen LogP contribution >= 0.6 is 24.0 Å². The zero-order valence-corrected chi connectivity index (χ0v) is 21.3. The molecule has 0 bridgehead atoms. The van der Waals surface area contributed by atoms with Crippen LogP contribution in [0.3, 0.4) is 0 Å². The first-order valence-corrected chi connectivity index (χ1v) is 9.99. The molecule has 7 nitrogen and oxygen atoms in total. The third-order valence-electron chi connectivity index (χ3n) is 5.38. The first-order chi connectivity index (χ1) is 13.4. The number of aliphatic imine (C=N–C) groups is 1. The molecule has 1 fully saturated rings. The number of likely N-dealkylation sites (N-methyl/N-ethyl adjacent to an activating group) is 2. The van der Waals surface area contributed by atoms with Crippen molar-refractivity contribution < 1.29 is 9.47 Å². The number of nitrogens with zero attached hydrogens (tertiary/aromatic N) is 4. The molecule has 1 heterocycles. The number of ether oxygens (including phenoxy) is 2. The topological polar surface area (TPSA) is 52.6 Å². The summed E-state index contributed by atoms with van der Waals surface area (Å²) >= 11 is 0. The average Bonchev–Trinajstić information content (AvgIpc) is 2.68. The van der Waals surface area contributed by atoms with Gasteiger partial charge in [-0.05, 0) is 51.2 Å². The van der Waals surface area contributed by atoms with Crippen molar-refractivity contribution in [3.63, 3.8) is 0 Å². The first kappa shape index (κ1) is 25.8. The Morgan fingerprint density at radius 3 is 2.48 bits per heavy atom. The predicted octanol–water partition coefficient (Wildman–Crippen LogP) is 2.27. The Morgan fingerprint density at radius 2 is 1.86 bits per heavy atom. The van der Waals surface area contributed by atoms with Crippen molar-refractivity contribution in [2.45, 2.75) is 26.4 Å². The number of guanidine groups is 1. The fourth-order valence-corrected chi connectivity index (χ4v) is 3.48. The van der Waals surface area contributed by atoms with Crippen molar-refractivity contribution in [1.82, 2.24) is 20.0 Å². The second-order valence-electron chi connectivity index (χ2n) is 7.58. The Hall–Kier alpha value is -1.26. The van der Waals surface area contributed by atoms with E-state index in [4.69, 9.17) is 14.5 Å². The van der Waals surface area contributed by atoms with Gasteiger partial charge in [-0.15, -0.1) is 24.0 Å². The molecule has 1 aromatic carbocycles. The summed E-state index contributed by atoms with van der Waals surface area (Å²) in [4.78, 5) is 11.9. The average molecular weight is 519 g/mol. The minimum absolute atomic E-state index is 0. The van der Waals surface area contributed by atoms with Crippen LogP contribution in [0.2, 0.25) is 0 Å². The van der Waals surface area contributed by atoms with Crippen LogP contribution in [0.1, 0.15) is 18.1 Å². The van der Waals surface area contributed by atoms with Crippen LogP contribution in [0.5, 0.6) is 11.5 Å². The lowest BCUT2D eigenvalue weighted by Gasteiger charge is -2.37. The van der Waals surface area contributed by atoms with Crippen LogP contribution < -0.4 is 14.8 Å². The summed E-state index contributed by atoms with van der Waals surface area (Å²) in [5.41, 5.74) is 2.37. The summed E-state index contributed by atoms with van der Waals surface area (Å²) < 4.78 is 10.9.